The average Bonchev–Trinajstić information content (AvgIpc) is 3.12. The second-order valence-electron chi connectivity index (χ2n) is 6.89. The Labute approximate surface area is 173 Å². The van der Waals surface area contributed by atoms with Crippen molar-refractivity contribution >= 4 is 40.4 Å². The highest BCUT2D eigenvalue weighted by atomic mass is 35.5. The molecule has 0 unspecified atom stereocenters. The molecule has 0 fully saturated rings. The molecule has 4 nitrogen and oxygen atoms in total. The molecule has 0 spiro atoms. The number of carbonyl (C=O) groups is 1. The summed E-state index contributed by atoms with van der Waals surface area (Å²) in [5.74, 6) is 0.311. The first-order valence-electron chi connectivity index (χ1n) is 9.21. The van der Waals surface area contributed by atoms with E-state index in [4.69, 9.17) is 16.0 Å². The molecule has 0 atom stereocenters. The third kappa shape index (κ3) is 4.39. The summed E-state index contributed by atoms with van der Waals surface area (Å²) in [5, 5.41) is 3.58. The smallest absolute Gasteiger partial charge is 0.248 e. The molecule has 1 amide bonds. The highest BCUT2D eigenvalue weighted by Gasteiger charge is 2.11. The first kappa shape index (κ1) is 19.0. The first-order valence-corrected chi connectivity index (χ1v) is 9.58. The van der Waals surface area contributed by atoms with Crippen molar-refractivity contribution in [3.05, 3.63) is 88.5 Å². The standard InChI is InChI=1S/C24H19ClN2O2/c1-15-3-11-20-22(13-15)29-24(27-20)18-8-4-16(2)21(14-18)26-23(28)12-7-17-5-9-19(25)10-6-17/h3-14H,1-2H3,(H,26,28). The van der Waals surface area contributed by atoms with Gasteiger partial charge in [0.05, 0.1) is 0 Å². The van der Waals surface area contributed by atoms with Gasteiger partial charge in [-0.2, -0.15) is 0 Å². The third-order valence-electron chi connectivity index (χ3n) is 4.58. The minimum absolute atomic E-state index is 0.214. The molecule has 0 aliphatic heterocycles. The molecule has 144 valence electrons. The minimum Gasteiger partial charge on any atom is -0.436 e. The molecule has 0 saturated carbocycles. The molecule has 1 N–H and O–H groups in total. The number of oxazole rings is 1. The predicted molar refractivity (Wildman–Crippen MR) is 118 cm³/mol. The molecule has 0 saturated heterocycles. The fourth-order valence-electron chi connectivity index (χ4n) is 2.97. The van der Waals surface area contributed by atoms with Gasteiger partial charge in [0.1, 0.15) is 5.52 Å². The summed E-state index contributed by atoms with van der Waals surface area (Å²) in [4.78, 5) is 16.9. The monoisotopic (exact) mass is 402 g/mol. The van der Waals surface area contributed by atoms with E-state index in [0.29, 0.717) is 16.6 Å². The van der Waals surface area contributed by atoms with E-state index >= 15 is 0 Å². The van der Waals surface area contributed by atoms with Crippen molar-refractivity contribution in [3.8, 4) is 11.5 Å². The topological polar surface area (TPSA) is 55.1 Å². The summed E-state index contributed by atoms with van der Waals surface area (Å²) < 4.78 is 5.90. The Kier molecular flexibility index (Phi) is 5.19. The van der Waals surface area contributed by atoms with Crippen molar-refractivity contribution in [2.45, 2.75) is 13.8 Å². The number of benzene rings is 3. The van der Waals surface area contributed by atoms with E-state index in [1.165, 1.54) is 6.08 Å². The molecule has 3 aromatic carbocycles. The number of aryl methyl sites for hydroxylation is 2. The van der Waals surface area contributed by atoms with E-state index in [1.54, 1.807) is 18.2 Å². The normalized spacial score (nSPS) is 11.3. The van der Waals surface area contributed by atoms with Crippen molar-refractivity contribution in [2.75, 3.05) is 5.32 Å². The lowest BCUT2D eigenvalue weighted by Crippen LogP contribution is -2.09. The zero-order chi connectivity index (χ0) is 20.4. The summed E-state index contributed by atoms with van der Waals surface area (Å²) in [6.07, 6.45) is 3.24. The SMILES string of the molecule is Cc1ccc2nc(-c3ccc(C)c(NC(=O)C=Cc4ccc(Cl)cc4)c3)oc2c1. The van der Waals surface area contributed by atoms with Gasteiger partial charge in [-0.3, -0.25) is 4.79 Å². The van der Waals surface area contributed by atoms with Crippen LogP contribution in [-0.2, 0) is 4.79 Å². The molecule has 0 bridgehead atoms. The lowest BCUT2D eigenvalue weighted by molar-refractivity contribution is -0.111. The number of anilines is 1. The Morgan fingerprint density at radius 2 is 1.83 bits per heavy atom. The molecule has 4 rings (SSSR count). The number of nitrogens with zero attached hydrogens (tertiary/aromatic N) is 1. The fourth-order valence-corrected chi connectivity index (χ4v) is 3.09. The molecule has 0 aliphatic rings. The first-order chi connectivity index (χ1) is 14.0. The maximum absolute atomic E-state index is 12.4. The van der Waals surface area contributed by atoms with Crippen molar-refractivity contribution in [3.63, 3.8) is 0 Å². The Hall–Kier alpha value is -3.37. The Morgan fingerprint density at radius 1 is 1.03 bits per heavy atom. The van der Waals surface area contributed by atoms with Crippen molar-refractivity contribution in [1.82, 2.24) is 4.98 Å². The summed E-state index contributed by atoms with van der Waals surface area (Å²) in [7, 11) is 0. The van der Waals surface area contributed by atoms with Gasteiger partial charge in [0.2, 0.25) is 11.8 Å². The van der Waals surface area contributed by atoms with Gasteiger partial charge in [-0.05, 0) is 73.0 Å². The number of hydrogen-bond acceptors (Lipinski definition) is 3. The highest BCUT2D eigenvalue weighted by Crippen LogP contribution is 2.28. The predicted octanol–water partition coefficient (Wildman–Crippen LogP) is 6.42. The summed E-state index contributed by atoms with van der Waals surface area (Å²) in [6.45, 7) is 3.95. The van der Waals surface area contributed by atoms with Gasteiger partial charge in [-0.15, -0.1) is 0 Å². The van der Waals surface area contributed by atoms with Crippen LogP contribution in [0.2, 0.25) is 5.02 Å². The molecule has 0 aliphatic carbocycles. The lowest BCUT2D eigenvalue weighted by Gasteiger charge is -2.08. The van der Waals surface area contributed by atoms with Crippen LogP contribution in [0.1, 0.15) is 16.7 Å². The minimum atomic E-state index is -0.214. The zero-order valence-electron chi connectivity index (χ0n) is 16.1. The van der Waals surface area contributed by atoms with E-state index < -0.39 is 0 Å². The summed E-state index contributed by atoms with van der Waals surface area (Å²) >= 11 is 5.88. The maximum atomic E-state index is 12.4. The Balaban J connectivity index is 1.56. The van der Waals surface area contributed by atoms with E-state index in [1.807, 2.05) is 62.4 Å². The lowest BCUT2D eigenvalue weighted by atomic mass is 10.1. The Bertz CT molecular complexity index is 1220. The van der Waals surface area contributed by atoms with Crippen LogP contribution in [0.4, 0.5) is 5.69 Å². The second-order valence-corrected chi connectivity index (χ2v) is 7.33. The van der Waals surface area contributed by atoms with Gasteiger partial charge in [0.15, 0.2) is 5.58 Å². The number of fused-ring (bicyclic) bond motifs is 1. The highest BCUT2D eigenvalue weighted by molar-refractivity contribution is 6.30. The van der Waals surface area contributed by atoms with Gasteiger partial charge < -0.3 is 9.73 Å². The van der Waals surface area contributed by atoms with Crippen LogP contribution in [0.15, 0.2) is 71.2 Å². The molecule has 1 heterocycles. The molecule has 5 heteroatoms. The molecular weight excluding hydrogens is 384 g/mol. The number of nitrogens with one attached hydrogen (secondary N) is 1. The number of carbonyl (C=O) groups excluding carboxylic acids is 1. The number of hydrogen-bond donors (Lipinski definition) is 1. The van der Waals surface area contributed by atoms with Gasteiger partial charge in [0.25, 0.3) is 0 Å². The van der Waals surface area contributed by atoms with E-state index in [9.17, 15) is 4.79 Å². The van der Waals surface area contributed by atoms with Crippen LogP contribution in [0.3, 0.4) is 0 Å². The van der Waals surface area contributed by atoms with E-state index in [-0.39, 0.29) is 5.91 Å². The van der Waals surface area contributed by atoms with E-state index in [0.717, 1.165) is 33.4 Å². The maximum Gasteiger partial charge on any atom is 0.248 e. The fraction of sp³-hybridized carbons (Fsp3) is 0.0833. The molecule has 0 radical (unpaired) electrons. The largest absolute Gasteiger partial charge is 0.436 e. The molecule has 1 aromatic heterocycles. The van der Waals surface area contributed by atoms with Crippen LogP contribution in [0.25, 0.3) is 28.6 Å². The average molecular weight is 403 g/mol. The third-order valence-corrected chi connectivity index (χ3v) is 4.84. The van der Waals surface area contributed by atoms with E-state index in [2.05, 4.69) is 10.3 Å². The molecule has 29 heavy (non-hydrogen) atoms. The molecular formula is C24H19ClN2O2. The van der Waals surface area contributed by atoms with Crippen LogP contribution in [-0.4, -0.2) is 10.9 Å². The Morgan fingerprint density at radius 3 is 2.62 bits per heavy atom. The number of rotatable bonds is 4. The summed E-state index contributed by atoms with van der Waals surface area (Å²) in [5.41, 5.74) is 6.04. The van der Waals surface area contributed by atoms with Crippen LogP contribution < -0.4 is 5.32 Å². The second kappa shape index (κ2) is 7.94. The van der Waals surface area contributed by atoms with Crippen LogP contribution in [0, 0.1) is 13.8 Å². The van der Waals surface area contributed by atoms with Crippen LogP contribution >= 0.6 is 11.6 Å². The zero-order valence-corrected chi connectivity index (χ0v) is 16.8. The van der Waals surface area contributed by atoms with Crippen molar-refractivity contribution < 1.29 is 9.21 Å². The number of aromatic nitrogens is 1. The molecule has 4 aromatic rings. The van der Waals surface area contributed by atoms with Crippen LogP contribution in [0.5, 0.6) is 0 Å². The van der Waals surface area contributed by atoms with Gasteiger partial charge in [-0.1, -0.05) is 35.9 Å². The summed E-state index contributed by atoms with van der Waals surface area (Å²) in [6, 6.07) is 18.9. The van der Waals surface area contributed by atoms with Crippen molar-refractivity contribution in [2.24, 2.45) is 0 Å². The number of amides is 1. The van der Waals surface area contributed by atoms with Gasteiger partial charge >= 0.3 is 0 Å². The van der Waals surface area contributed by atoms with Crippen molar-refractivity contribution in [1.29, 1.82) is 0 Å². The quantitative estimate of drug-likeness (QED) is 0.401. The van der Waals surface area contributed by atoms with Gasteiger partial charge in [-0.25, -0.2) is 4.98 Å². The number of halogens is 1. The van der Waals surface area contributed by atoms with Gasteiger partial charge in [0, 0.05) is 22.3 Å².